The second-order valence-corrected chi connectivity index (χ2v) is 6.69. The van der Waals surface area contributed by atoms with Crippen LogP contribution in [-0.4, -0.2) is 11.6 Å². The fraction of sp³-hybridized carbons (Fsp3) is 0.391. The highest BCUT2D eigenvalue weighted by Gasteiger charge is 2.03. The zero-order chi connectivity index (χ0) is 18.6. The number of hydrazone groups is 1. The van der Waals surface area contributed by atoms with Gasteiger partial charge in [0.25, 0.3) is 0 Å². The minimum atomic E-state index is 0.000692. The molecule has 0 unspecified atom stereocenters. The van der Waals surface area contributed by atoms with Gasteiger partial charge in [-0.05, 0) is 30.0 Å². The van der Waals surface area contributed by atoms with Crippen LogP contribution in [0.4, 0.5) is 0 Å². The molecule has 3 nitrogen and oxygen atoms in total. The van der Waals surface area contributed by atoms with E-state index in [1.807, 2.05) is 37.3 Å². The van der Waals surface area contributed by atoms with E-state index in [0.717, 1.165) is 24.1 Å². The van der Waals surface area contributed by atoms with Crippen molar-refractivity contribution in [1.29, 1.82) is 0 Å². The maximum atomic E-state index is 11.9. The van der Waals surface area contributed by atoms with Crippen LogP contribution < -0.4 is 5.43 Å². The van der Waals surface area contributed by atoms with Crippen LogP contribution >= 0.6 is 0 Å². The van der Waals surface area contributed by atoms with Gasteiger partial charge in [-0.2, -0.15) is 5.10 Å². The van der Waals surface area contributed by atoms with Crippen LogP contribution in [0.1, 0.15) is 64.4 Å². The summed E-state index contributed by atoms with van der Waals surface area (Å²) in [5.41, 5.74) is 6.89. The van der Waals surface area contributed by atoms with E-state index in [4.69, 9.17) is 0 Å². The third kappa shape index (κ3) is 6.83. The van der Waals surface area contributed by atoms with Crippen LogP contribution in [0.5, 0.6) is 0 Å². The standard InChI is InChI=1S/C23H30N2O/c1-3-4-5-6-7-11-14-23(26)25-24-19(2)20-15-17-22(18-16-20)21-12-9-8-10-13-21/h8-10,12-13,15-18H,3-7,11,14H2,1-2H3,(H,25,26)/b24-19+. The average molecular weight is 351 g/mol. The molecular formula is C23H30N2O. The van der Waals surface area contributed by atoms with Crippen molar-refractivity contribution in [2.24, 2.45) is 5.10 Å². The molecule has 0 aliphatic carbocycles. The summed E-state index contributed by atoms with van der Waals surface area (Å²) in [7, 11) is 0. The average Bonchev–Trinajstić information content (AvgIpc) is 2.69. The fourth-order valence-electron chi connectivity index (χ4n) is 2.87. The number of amides is 1. The van der Waals surface area contributed by atoms with Crippen molar-refractivity contribution in [2.75, 3.05) is 0 Å². The Morgan fingerprint density at radius 2 is 1.46 bits per heavy atom. The van der Waals surface area contributed by atoms with Crippen LogP contribution in [0.3, 0.4) is 0 Å². The molecule has 138 valence electrons. The Morgan fingerprint density at radius 1 is 0.846 bits per heavy atom. The smallest absolute Gasteiger partial charge is 0.240 e. The molecule has 1 amide bonds. The van der Waals surface area contributed by atoms with Crippen molar-refractivity contribution in [1.82, 2.24) is 5.43 Å². The molecule has 0 radical (unpaired) electrons. The van der Waals surface area contributed by atoms with Crippen LogP contribution in [0.2, 0.25) is 0 Å². The van der Waals surface area contributed by atoms with Crippen molar-refractivity contribution in [3.05, 3.63) is 60.2 Å². The molecule has 0 aliphatic rings. The number of carbonyl (C=O) groups excluding carboxylic acids is 1. The molecule has 2 aromatic carbocycles. The highest BCUT2D eigenvalue weighted by molar-refractivity contribution is 5.99. The molecule has 1 N–H and O–H groups in total. The first-order valence-electron chi connectivity index (χ1n) is 9.69. The Labute approximate surface area is 157 Å². The topological polar surface area (TPSA) is 41.5 Å². The highest BCUT2D eigenvalue weighted by atomic mass is 16.2. The largest absolute Gasteiger partial charge is 0.273 e. The number of hydrogen-bond acceptors (Lipinski definition) is 2. The molecule has 2 rings (SSSR count). The van der Waals surface area contributed by atoms with E-state index < -0.39 is 0 Å². The van der Waals surface area contributed by atoms with E-state index in [1.165, 1.54) is 36.8 Å². The van der Waals surface area contributed by atoms with Gasteiger partial charge in [-0.1, -0.05) is 93.6 Å². The number of hydrogen-bond donors (Lipinski definition) is 1. The number of nitrogens with zero attached hydrogens (tertiary/aromatic N) is 1. The lowest BCUT2D eigenvalue weighted by Crippen LogP contribution is -2.18. The first-order valence-corrected chi connectivity index (χ1v) is 9.69. The second kappa shape index (κ2) is 11.2. The molecule has 0 bridgehead atoms. The van der Waals surface area contributed by atoms with E-state index in [-0.39, 0.29) is 5.91 Å². The Hall–Kier alpha value is -2.42. The van der Waals surface area contributed by atoms with Gasteiger partial charge in [0.1, 0.15) is 0 Å². The first kappa shape index (κ1) is 19.9. The lowest BCUT2D eigenvalue weighted by Gasteiger charge is -2.05. The molecule has 0 spiro atoms. The number of rotatable bonds is 10. The number of nitrogens with one attached hydrogen (secondary N) is 1. The van der Waals surface area contributed by atoms with Crippen molar-refractivity contribution < 1.29 is 4.79 Å². The normalized spacial score (nSPS) is 11.4. The van der Waals surface area contributed by atoms with Gasteiger partial charge >= 0.3 is 0 Å². The minimum absolute atomic E-state index is 0.000692. The van der Waals surface area contributed by atoms with E-state index in [2.05, 4.69) is 41.7 Å². The molecule has 0 fully saturated rings. The molecule has 0 heterocycles. The molecule has 3 heteroatoms. The van der Waals surface area contributed by atoms with Gasteiger partial charge < -0.3 is 0 Å². The number of unbranched alkanes of at least 4 members (excludes halogenated alkanes) is 5. The van der Waals surface area contributed by atoms with Crippen LogP contribution in [0.15, 0.2) is 59.7 Å². The summed E-state index contributed by atoms with van der Waals surface area (Å²) >= 11 is 0. The molecule has 0 aromatic heterocycles. The molecule has 0 aliphatic heterocycles. The van der Waals surface area contributed by atoms with Crippen LogP contribution in [-0.2, 0) is 4.79 Å². The third-order valence-electron chi connectivity index (χ3n) is 4.52. The summed E-state index contributed by atoms with van der Waals surface area (Å²) in [6, 6.07) is 18.5. The second-order valence-electron chi connectivity index (χ2n) is 6.69. The summed E-state index contributed by atoms with van der Waals surface area (Å²) in [5.74, 6) is 0.000692. The Morgan fingerprint density at radius 3 is 2.15 bits per heavy atom. The monoisotopic (exact) mass is 350 g/mol. The van der Waals surface area contributed by atoms with Crippen molar-refractivity contribution in [3.63, 3.8) is 0 Å². The van der Waals surface area contributed by atoms with Crippen LogP contribution in [0.25, 0.3) is 11.1 Å². The van der Waals surface area contributed by atoms with E-state index in [9.17, 15) is 4.79 Å². The molecule has 0 saturated carbocycles. The summed E-state index contributed by atoms with van der Waals surface area (Å²) in [6.45, 7) is 4.13. The fourth-order valence-corrected chi connectivity index (χ4v) is 2.87. The maximum absolute atomic E-state index is 11.9. The first-order chi connectivity index (χ1) is 12.7. The summed E-state index contributed by atoms with van der Waals surface area (Å²) in [4.78, 5) is 11.9. The summed E-state index contributed by atoms with van der Waals surface area (Å²) < 4.78 is 0. The van der Waals surface area contributed by atoms with Gasteiger partial charge in [0.15, 0.2) is 0 Å². The lowest BCUT2D eigenvalue weighted by atomic mass is 10.0. The minimum Gasteiger partial charge on any atom is -0.273 e. The predicted octanol–water partition coefficient (Wildman–Crippen LogP) is 5.94. The molecule has 0 saturated heterocycles. The van der Waals surface area contributed by atoms with Gasteiger partial charge in [-0.3, -0.25) is 4.79 Å². The lowest BCUT2D eigenvalue weighted by molar-refractivity contribution is -0.121. The van der Waals surface area contributed by atoms with E-state index in [1.54, 1.807) is 0 Å². The van der Waals surface area contributed by atoms with Gasteiger partial charge in [-0.15, -0.1) is 0 Å². The summed E-state index contributed by atoms with van der Waals surface area (Å²) in [5, 5.41) is 4.24. The Balaban J connectivity index is 1.79. The molecule has 0 atom stereocenters. The van der Waals surface area contributed by atoms with E-state index >= 15 is 0 Å². The van der Waals surface area contributed by atoms with Crippen molar-refractivity contribution in [2.45, 2.75) is 58.8 Å². The zero-order valence-electron chi connectivity index (χ0n) is 16.0. The quantitative estimate of drug-likeness (QED) is 0.321. The Kier molecular flexibility index (Phi) is 8.61. The Bertz CT molecular complexity index is 690. The predicted molar refractivity (Wildman–Crippen MR) is 110 cm³/mol. The zero-order valence-corrected chi connectivity index (χ0v) is 16.0. The molecule has 2 aromatic rings. The molecular weight excluding hydrogens is 320 g/mol. The third-order valence-corrected chi connectivity index (χ3v) is 4.52. The molecule has 26 heavy (non-hydrogen) atoms. The van der Waals surface area contributed by atoms with Crippen LogP contribution in [0, 0.1) is 0 Å². The van der Waals surface area contributed by atoms with Crippen molar-refractivity contribution in [3.8, 4) is 11.1 Å². The van der Waals surface area contributed by atoms with Gasteiger partial charge in [-0.25, -0.2) is 5.43 Å². The maximum Gasteiger partial charge on any atom is 0.240 e. The summed E-state index contributed by atoms with van der Waals surface area (Å²) in [6.07, 6.45) is 7.65. The van der Waals surface area contributed by atoms with Gasteiger partial charge in [0.2, 0.25) is 5.91 Å². The number of benzene rings is 2. The van der Waals surface area contributed by atoms with E-state index in [0.29, 0.717) is 6.42 Å². The number of carbonyl (C=O) groups is 1. The SMILES string of the molecule is CCCCCCCCC(=O)N/N=C(\C)c1ccc(-c2ccccc2)cc1. The highest BCUT2D eigenvalue weighted by Crippen LogP contribution is 2.19. The van der Waals surface area contributed by atoms with Crippen molar-refractivity contribution >= 4 is 11.6 Å². The van der Waals surface area contributed by atoms with Gasteiger partial charge in [0, 0.05) is 6.42 Å². The van der Waals surface area contributed by atoms with Gasteiger partial charge in [0.05, 0.1) is 5.71 Å².